The first-order chi connectivity index (χ1) is 8.95. The molecular formula is C12H16N2O5. The molecule has 0 aliphatic carbocycles. The van der Waals surface area contributed by atoms with Crippen molar-refractivity contribution < 1.29 is 23.9 Å². The summed E-state index contributed by atoms with van der Waals surface area (Å²) >= 11 is 0. The minimum atomic E-state index is -1.10. The molecule has 1 rings (SSSR count). The number of amides is 2. The van der Waals surface area contributed by atoms with E-state index in [0.717, 1.165) is 4.90 Å². The number of hydrogen-bond donors (Lipinski definition) is 2. The fourth-order valence-corrected chi connectivity index (χ4v) is 1.45. The van der Waals surface area contributed by atoms with Gasteiger partial charge in [-0.25, -0.2) is 4.79 Å². The third-order valence-electron chi connectivity index (χ3n) is 2.50. The van der Waals surface area contributed by atoms with Gasteiger partial charge in [0.05, 0.1) is 12.8 Å². The van der Waals surface area contributed by atoms with Gasteiger partial charge in [0, 0.05) is 7.05 Å². The first-order valence-electron chi connectivity index (χ1n) is 5.76. The summed E-state index contributed by atoms with van der Waals surface area (Å²) in [5.41, 5.74) is 0. The summed E-state index contributed by atoms with van der Waals surface area (Å²) < 4.78 is 4.92. The Hall–Kier alpha value is -2.31. The number of carbonyl (C=O) groups is 3. The van der Waals surface area contributed by atoms with Crippen molar-refractivity contribution in [3.63, 3.8) is 0 Å². The summed E-state index contributed by atoms with van der Waals surface area (Å²) in [6, 6.07) is 2.11. The van der Waals surface area contributed by atoms with Gasteiger partial charge < -0.3 is 19.7 Å². The molecule has 104 valence electrons. The van der Waals surface area contributed by atoms with E-state index < -0.39 is 23.8 Å². The normalized spacial score (nSPS) is 11.7. The van der Waals surface area contributed by atoms with Gasteiger partial charge in [-0.3, -0.25) is 9.59 Å². The second-order valence-corrected chi connectivity index (χ2v) is 4.01. The third-order valence-corrected chi connectivity index (χ3v) is 2.50. The molecule has 7 heteroatoms. The SMILES string of the molecule is CCC(NC(=O)CN(C)C(=O)c1ccco1)C(=O)O. The summed E-state index contributed by atoms with van der Waals surface area (Å²) in [6.45, 7) is 1.42. The van der Waals surface area contributed by atoms with E-state index in [1.807, 2.05) is 0 Å². The van der Waals surface area contributed by atoms with Gasteiger partial charge in [-0.1, -0.05) is 6.92 Å². The van der Waals surface area contributed by atoms with Gasteiger partial charge in [-0.2, -0.15) is 0 Å². The highest BCUT2D eigenvalue weighted by Crippen LogP contribution is 2.03. The van der Waals surface area contributed by atoms with Crippen molar-refractivity contribution in [2.75, 3.05) is 13.6 Å². The lowest BCUT2D eigenvalue weighted by Crippen LogP contribution is -2.45. The molecule has 0 radical (unpaired) electrons. The molecule has 1 atom stereocenters. The van der Waals surface area contributed by atoms with Crippen LogP contribution in [0.1, 0.15) is 23.9 Å². The summed E-state index contributed by atoms with van der Waals surface area (Å²) in [5, 5.41) is 11.1. The minimum Gasteiger partial charge on any atom is -0.480 e. The van der Waals surface area contributed by atoms with Crippen LogP contribution in [-0.4, -0.2) is 47.4 Å². The molecule has 19 heavy (non-hydrogen) atoms. The molecule has 1 heterocycles. The van der Waals surface area contributed by atoms with Crippen LogP contribution in [0.3, 0.4) is 0 Å². The Bertz CT molecular complexity index is 455. The average Bonchev–Trinajstić information content (AvgIpc) is 2.88. The number of furan rings is 1. The smallest absolute Gasteiger partial charge is 0.326 e. The number of nitrogens with zero attached hydrogens (tertiary/aromatic N) is 1. The molecule has 0 aliphatic rings. The molecule has 2 N–H and O–H groups in total. The Morgan fingerprint density at radius 1 is 1.47 bits per heavy atom. The zero-order valence-electron chi connectivity index (χ0n) is 10.8. The highest BCUT2D eigenvalue weighted by Gasteiger charge is 2.21. The van der Waals surface area contributed by atoms with E-state index in [1.54, 1.807) is 13.0 Å². The van der Waals surface area contributed by atoms with Gasteiger partial charge in [-0.15, -0.1) is 0 Å². The van der Waals surface area contributed by atoms with E-state index in [0.29, 0.717) is 0 Å². The van der Waals surface area contributed by atoms with Crippen LogP contribution in [0.25, 0.3) is 0 Å². The summed E-state index contributed by atoms with van der Waals surface area (Å²) in [7, 11) is 1.44. The number of nitrogens with one attached hydrogen (secondary N) is 1. The molecule has 0 bridgehead atoms. The monoisotopic (exact) mass is 268 g/mol. The van der Waals surface area contributed by atoms with Crippen LogP contribution in [0, 0.1) is 0 Å². The van der Waals surface area contributed by atoms with Crippen molar-refractivity contribution in [2.24, 2.45) is 0 Å². The Kier molecular flexibility index (Phi) is 5.11. The highest BCUT2D eigenvalue weighted by atomic mass is 16.4. The number of carbonyl (C=O) groups excluding carboxylic acids is 2. The molecule has 0 fully saturated rings. The number of carboxylic acid groups (broad SMARTS) is 1. The molecule has 7 nitrogen and oxygen atoms in total. The molecule has 0 saturated heterocycles. The lowest BCUT2D eigenvalue weighted by atomic mass is 10.2. The molecule has 1 aromatic rings. The molecule has 1 unspecified atom stereocenters. The molecule has 0 spiro atoms. The first kappa shape index (κ1) is 14.7. The quantitative estimate of drug-likeness (QED) is 0.774. The average molecular weight is 268 g/mol. The Labute approximate surface area is 110 Å². The third kappa shape index (κ3) is 4.13. The zero-order chi connectivity index (χ0) is 14.4. The van der Waals surface area contributed by atoms with Gasteiger partial charge in [0.25, 0.3) is 5.91 Å². The predicted octanol–water partition coefficient (Wildman–Crippen LogP) is 0.331. The van der Waals surface area contributed by atoms with E-state index in [1.165, 1.54) is 19.4 Å². The zero-order valence-corrected chi connectivity index (χ0v) is 10.8. The molecule has 0 aliphatic heterocycles. The van der Waals surface area contributed by atoms with Crippen molar-refractivity contribution in [1.82, 2.24) is 10.2 Å². The van der Waals surface area contributed by atoms with Gasteiger partial charge in [-0.05, 0) is 18.6 Å². The van der Waals surface area contributed by atoms with Crippen LogP contribution in [0.15, 0.2) is 22.8 Å². The first-order valence-corrected chi connectivity index (χ1v) is 5.76. The van der Waals surface area contributed by atoms with Crippen molar-refractivity contribution >= 4 is 17.8 Å². The number of carboxylic acids is 1. The second kappa shape index (κ2) is 6.58. The Balaban J connectivity index is 2.52. The molecule has 2 amide bonds. The Morgan fingerprint density at radius 3 is 2.63 bits per heavy atom. The Morgan fingerprint density at radius 2 is 2.16 bits per heavy atom. The summed E-state index contributed by atoms with van der Waals surface area (Å²) in [6.07, 6.45) is 1.63. The van der Waals surface area contributed by atoms with Crippen molar-refractivity contribution in [3.8, 4) is 0 Å². The molecule has 0 saturated carbocycles. The van der Waals surface area contributed by atoms with Crippen LogP contribution in [0.2, 0.25) is 0 Å². The van der Waals surface area contributed by atoms with Gasteiger partial charge in [0.2, 0.25) is 5.91 Å². The fraction of sp³-hybridized carbons (Fsp3) is 0.417. The van der Waals surface area contributed by atoms with Crippen LogP contribution in [-0.2, 0) is 9.59 Å². The van der Waals surface area contributed by atoms with E-state index in [9.17, 15) is 14.4 Å². The lowest BCUT2D eigenvalue weighted by molar-refractivity contribution is -0.141. The van der Waals surface area contributed by atoms with Gasteiger partial charge >= 0.3 is 5.97 Å². The minimum absolute atomic E-state index is 0.126. The topological polar surface area (TPSA) is 99.9 Å². The predicted molar refractivity (Wildman–Crippen MR) is 65.5 cm³/mol. The molecule has 1 aromatic heterocycles. The maximum atomic E-state index is 11.8. The van der Waals surface area contributed by atoms with Crippen LogP contribution in [0.5, 0.6) is 0 Å². The van der Waals surface area contributed by atoms with E-state index in [4.69, 9.17) is 9.52 Å². The second-order valence-electron chi connectivity index (χ2n) is 4.01. The van der Waals surface area contributed by atoms with Gasteiger partial charge in [0.15, 0.2) is 5.76 Å². The largest absolute Gasteiger partial charge is 0.480 e. The number of aliphatic carboxylic acids is 1. The highest BCUT2D eigenvalue weighted by molar-refractivity contribution is 5.94. The van der Waals surface area contributed by atoms with Crippen LogP contribution >= 0.6 is 0 Å². The van der Waals surface area contributed by atoms with Crippen molar-refractivity contribution in [2.45, 2.75) is 19.4 Å². The number of rotatable bonds is 6. The van der Waals surface area contributed by atoms with E-state index >= 15 is 0 Å². The number of hydrogen-bond acceptors (Lipinski definition) is 4. The summed E-state index contributed by atoms with van der Waals surface area (Å²) in [4.78, 5) is 35.3. The van der Waals surface area contributed by atoms with Gasteiger partial charge in [0.1, 0.15) is 6.04 Å². The standard InChI is InChI=1S/C12H16N2O5/c1-3-8(12(17)18)13-10(15)7-14(2)11(16)9-5-4-6-19-9/h4-6,8H,3,7H2,1-2H3,(H,13,15)(H,17,18). The maximum absolute atomic E-state index is 11.8. The number of likely N-dealkylation sites (N-methyl/N-ethyl adjacent to an activating group) is 1. The molecular weight excluding hydrogens is 252 g/mol. The lowest BCUT2D eigenvalue weighted by Gasteiger charge is -2.17. The van der Waals surface area contributed by atoms with E-state index in [2.05, 4.69) is 5.32 Å². The van der Waals surface area contributed by atoms with E-state index in [-0.39, 0.29) is 18.7 Å². The fourth-order valence-electron chi connectivity index (χ4n) is 1.45. The van der Waals surface area contributed by atoms with Crippen molar-refractivity contribution in [1.29, 1.82) is 0 Å². The summed E-state index contributed by atoms with van der Waals surface area (Å²) in [5.74, 6) is -1.95. The maximum Gasteiger partial charge on any atom is 0.326 e. The van der Waals surface area contributed by atoms with Crippen LogP contribution < -0.4 is 5.32 Å². The van der Waals surface area contributed by atoms with Crippen molar-refractivity contribution in [3.05, 3.63) is 24.2 Å². The molecule has 0 aromatic carbocycles. The van der Waals surface area contributed by atoms with Crippen LogP contribution in [0.4, 0.5) is 0 Å².